The highest BCUT2D eigenvalue weighted by Crippen LogP contribution is 2.18. The van der Waals surface area contributed by atoms with Crippen molar-refractivity contribution in [2.24, 2.45) is 5.84 Å². The first kappa shape index (κ1) is 11.3. The van der Waals surface area contributed by atoms with Crippen molar-refractivity contribution in [1.82, 2.24) is 9.88 Å². The largest absolute Gasteiger partial charge is 0.300 e. The quantitative estimate of drug-likeness (QED) is 0.579. The zero-order valence-corrected chi connectivity index (χ0v) is 8.52. The lowest BCUT2D eigenvalue weighted by Crippen LogP contribution is -2.23. The summed E-state index contributed by atoms with van der Waals surface area (Å²) in [4.78, 5) is 6.38. The van der Waals surface area contributed by atoms with E-state index >= 15 is 0 Å². The van der Waals surface area contributed by atoms with Crippen LogP contribution in [0.3, 0.4) is 0 Å². The summed E-state index contributed by atoms with van der Waals surface area (Å²) in [6.07, 6.45) is -0.679. The second-order valence-corrected chi connectivity index (χ2v) is 3.98. The first-order chi connectivity index (χ1) is 6.61. The molecular formula is C7H12F2N4S. The van der Waals surface area contributed by atoms with E-state index in [1.807, 2.05) is 0 Å². The van der Waals surface area contributed by atoms with Gasteiger partial charge in [-0.25, -0.2) is 19.6 Å². The molecule has 0 spiro atoms. The van der Waals surface area contributed by atoms with Crippen molar-refractivity contribution < 1.29 is 8.78 Å². The Hall–Kier alpha value is -0.790. The van der Waals surface area contributed by atoms with Crippen LogP contribution in [0.2, 0.25) is 0 Å². The van der Waals surface area contributed by atoms with Crippen molar-refractivity contribution in [1.29, 1.82) is 0 Å². The summed E-state index contributed by atoms with van der Waals surface area (Å²) in [6.45, 7) is 0.229. The normalized spacial score (nSPS) is 11.3. The molecule has 0 unspecified atom stereocenters. The van der Waals surface area contributed by atoms with Crippen LogP contribution in [0.5, 0.6) is 0 Å². The maximum atomic E-state index is 12.0. The monoisotopic (exact) mass is 222 g/mol. The number of nitrogens with two attached hydrogens (primary N) is 1. The Labute approximate surface area is 84.7 Å². The molecule has 0 aliphatic rings. The summed E-state index contributed by atoms with van der Waals surface area (Å²) in [5.41, 5.74) is 2.40. The van der Waals surface area contributed by atoms with E-state index in [4.69, 9.17) is 5.84 Å². The summed E-state index contributed by atoms with van der Waals surface area (Å²) >= 11 is 1.35. The summed E-state index contributed by atoms with van der Waals surface area (Å²) in [7, 11) is 1.64. The molecule has 0 amide bonds. The lowest BCUT2D eigenvalue weighted by molar-refractivity contribution is 0.0979. The number of nitrogen functional groups attached to an aromatic ring is 1. The molecule has 1 rings (SSSR count). The van der Waals surface area contributed by atoms with Crippen molar-refractivity contribution in [2.45, 2.75) is 13.0 Å². The van der Waals surface area contributed by atoms with E-state index in [0.29, 0.717) is 11.7 Å². The van der Waals surface area contributed by atoms with E-state index in [0.717, 1.165) is 4.88 Å². The van der Waals surface area contributed by atoms with E-state index in [9.17, 15) is 8.78 Å². The highest BCUT2D eigenvalue weighted by atomic mass is 32.1. The fourth-order valence-electron chi connectivity index (χ4n) is 1.01. The van der Waals surface area contributed by atoms with Crippen LogP contribution in [0, 0.1) is 0 Å². The molecule has 0 saturated carbocycles. The third kappa shape index (κ3) is 3.52. The first-order valence-electron chi connectivity index (χ1n) is 4.00. The number of thiazole rings is 1. The molecule has 1 aromatic heterocycles. The Balaban J connectivity index is 2.43. The van der Waals surface area contributed by atoms with Crippen LogP contribution >= 0.6 is 11.3 Å². The molecule has 0 fully saturated rings. The van der Waals surface area contributed by atoms with Crippen molar-refractivity contribution >= 4 is 16.5 Å². The molecule has 14 heavy (non-hydrogen) atoms. The molecule has 4 nitrogen and oxygen atoms in total. The Morgan fingerprint density at radius 3 is 2.93 bits per heavy atom. The number of rotatable bonds is 5. The number of nitrogens with one attached hydrogen (secondary N) is 1. The molecule has 0 aliphatic carbocycles. The SMILES string of the molecule is CN(Cc1cnc(NN)s1)CC(F)F. The molecule has 80 valence electrons. The zero-order valence-electron chi connectivity index (χ0n) is 7.70. The second kappa shape index (κ2) is 5.18. The van der Waals surface area contributed by atoms with Crippen LogP contribution in [0.15, 0.2) is 6.20 Å². The smallest absolute Gasteiger partial charge is 0.251 e. The average Bonchev–Trinajstić information content (AvgIpc) is 2.50. The highest BCUT2D eigenvalue weighted by Gasteiger charge is 2.09. The van der Waals surface area contributed by atoms with Gasteiger partial charge in [-0.05, 0) is 7.05 Å². The summed E-state index contributed by atoms with van der Waals surface area (Å²) in [5.74, 6) is 5.14. The minimum absolute atomic E-state index is 0.233. The maximum absolute atomic E-state index is 12.0. The zero-order chi connectivity index (χ0) is 10.6. The third-order valence-electron chi connectivity index (χ3n) is 1.55. The first-order valence-corrected chi connectivity index (χ1v) is 4.81. The molecule has 0 aromatic carbocycles. The minimum Gasteiger partial charge on any atom is -0.300 e. The number of alkyl halides is 2. The van der Waals surface area contributed by atoms with Gasteiger partial charge in [-0.1, -0.05) is 11.3 Å². The molecule has 0 aliphatic heterocycles. The summed E-state index contributed by atoms with van der Waals surface area (Å²) < 4.78 is 23.9. The van der Waals surface area contributed by atoms with Crippen molar-refractivity contribution in [3.05, 3.63) is 11.1 Å². The van der Waals surface area contributed by atoms with Crippen LogP contribution < -0.4 is 11.3 Å². The molecule has 1 aromatic rings. The molecule has 0 atom stereocenters. The Morgan fingerprint density at radius 1 is 1.71 bits per heavy atom. The summed E-state index contributed by atoms with van der Waals surface area (Å²) in [5, 5.41) is 0.588. The van der Waals surface area contributed by atoms with E-state index < -0.39 is 6.43 Å². The van der Waals surface area contributed by atoms with Crippen LogP contribution in [0.4, 0.5) is 13.9 Å². The molecule has 0 bridgehead atoms. The topological polar surface area (TPSA) is 54.2 Å². The number of halogens is 2. The van der Waals surface area contributed by atoms with Gasteiger partial charge in [0.15, 0.2) is 5.13 Å². The van der Waals surface area contributed by atoms with Crippen molar-refractivity contribution in [3.63, 3.8) is 0 Å². The fraction of sp³-hybridized carbons (Fsp3) is 0.571. The van der Waals surface area contributed by atoms with Gasteiger partial charge in [-0.3, -0.25) is 10.3 Å². The number of hydrazine groups is 1. The number of hydrogen-bond acceptors (Lipinski definition) is 5. The van der Waals surface area contributed by atoms with E-state index in [1.54, 1.807) is 18.1 Å². The number of nitrogens with zero attached hydrogens (tertiary/aromatic N) is 2. The molecule has 0 radical (unpaired) electrons. The van der Waals surface area contributed by atoms with Crippen molar-refractivity contribution in [2.75, 3.05) is 19.0 Å². The van der Waals surface area contributed by atoms with Gasteiger partial charge in [0.1, 0.15) is 0 Å². The third-order valence-corrected chi connectivity index (χ3v) is 2.47. The van der Waals surface area contributed by atoms with Gasteiger partial charge in [0.25, 0.3) is 6.43 Å². The van der Waals surface area contributed by atoms with Gasteiger partial charge in [0.05, 0.1) is 6.54 Å². The number of hydrogen-bond donors (Lipinski definition) is 2. The fourth-order valence-corrected chi connectivity index (χ4v) is 1.82. The standard InChI is InChI=1S/C7H12F2N4S/c1-13(4-6(8)9)3-5-2-11-7(12-10)14-5/h2,6H,3-4,10H2,1H3,(H,11,12). The van der Waals surface area contributed by atoms with Gasteiger partial charge in [0.2, 0.25) is 0 Å². The molecular weight excluding hydrogens is 210 g/mol. The Bertz CT molecular complexity index is 278. The lowest BCUT2D eigenvalue weighted by Gasteiger charge is -2.13. The van der Waals surface area contributed by atoms with E-state index in [-0.39, 0.29) is 6.54 Å². The molecule has 7 heteroatoms. The van der Waals surface area contributed by atoms with Crippen LogP contribution in [0.25, 0.3) is 0 Å². The number of anilines is 1. The van der Waals surface area contributed by atoms with Gasteiger partial charge < -0.3 is 0 Å². The van der Waals surface area contributed by atoms with Gasteiger partial charge in [-0.15, -0.1) is 0 Å². The van der Waals surface area contributed by atoms with Gasteiger partial charge in [0, 0.05) is 17.6 Å². The van der Waals surface area contributed by atoms with E-state index in [1.165, 1.54) is 11.3 Å². The average molecular weight is 222 g/mol. The maximum Gasteiger partial charge on any atom is 0.251 e. The van der Waals surface area contributed by atoms with Gasteiger partial charge in [-0.2, -0.15) is 0 Å². The summed E-state index contributed by atoms with van der Waals surface area (Å²) in [6, 6.07) is 0. The lowest BCUT2D eigenvalue weighted by atomic mass is 10.5. The van der Waals surface area contributed by atoms with Crippen LogP contribution in [-0.4, -0.2) is 29.9 Å². The Kier molecular flexibility index (Phi) is 4.18. The van der Waals surface area contributed by atoms with Gasteiger partial charge >= 0.3 is 0 Å². The highest BCUT2D eigenvalue weighted by molar-refractivity contribution is 7.15. The molecule has 0 saturated heterocycles. The Morgan fingerprint density at radius 2 is 2.43 bits per heavy atom. The molecule has 3 N–H and O–H groups in total. The predicted molar refractivity (Wildman–Crippen MR) is 52.3 cm³/mol. The van der Waals surface area contributed by atoms with E-state index in [2.05, 4.69) is 10.4 Å². The molecule has 1 heterocycles. The second-order valence-electron chi connectivity index (χ2n) is 2.86. The van der Waals surface area contributed by atoms with Crippen LogP contribution in [-0.2, 0) is 6.54 Å². The number of aromatic nitrogens is 1. The minimum atomic E-state index is -2.31. The van der Waals surface area contributed by atoms with Crippen molar-refractivity contribution in [3.8, 4) is 0 Å². The van der Waals surface area contributed by atoms with Crippen LogP contribution in [0.1, 0.15) is 4.88 Å². The predicted octanol–water partition coefficient (Wildman–Crippen LogP) is 1.13.